The number of nitro benzene ring substituents is 1. The lowest BCUT2D eigenvalue weighted by atomic mass is 10.3. The van der Waals surface area contributed by atoms with Crippen LogP contribution in [0.1, 0.15) is 16.3 Å². The minimum Gasteiger partial charge on any atom is -0.491 e. The van der Waals surface area contributed by atoms with Crippen LogP contribution in [-0.2, 0) is 5.88 Å². The van der Waals surface area contributed by atoms with E-state index >= 15 is 0 Å². The van der Waals surface area contributed by atoms with Crippen molar-refractivity contribution in [2.45, 2.75) is 5.88 Å². The summed E-state index contributed by atoms with van der Waals surface area (Å²) in [7, 11) is 1.61. The fourth-order valence-electron chi connectivity index (χ4n) is 1.84. The molecule has 1 aromatic heterocycles. The summed E-state index contributed by atoms with van der Waals surface area (Å²) in [5.41, 5.74) is -0.0453. The topological polar surface area (TPSA) is 85.8 Å². The van der Waals surface area contributed by atoms with Crippen molar-refractivity contribution in [2.75, 3.05) is 20.2 Å². The lowest BCUT2D eigenvalue weighted by Gasteiger charge is -2.16. The van der Waals surface area contributed by atoms with E-state index in [-0.39, 0.29) is 29.8 Å². The SMILES string of the molecule is CN(CCOc1cccc([N+](=O)[O-])c1)C(=O)c1ccc(CCl)o1. The number of halogens is 1. The van der Waals surface area contributed by atoms with Gasteiger partial charge in [0, 0.05) is 13.1 Å². The Balaban J connectivity index is 1.86. The molecule has 8 heteroatoms. The van der Waals surface area contributed by atoms with Crippen LogP contribution >= 0.6 is 11.6 Å². The number of rotatable bonds is 7. The van der Waals surface area contributed by atoms with Gasteiger partial charge >= 0.3 is 0 Å². The molecule has 23 heavy (non-hydrogen) atoms. The predicted molar refractivity (Wildman–Crippen MR) is 83.8 cm³/mol. The van der Waals surface area contributed by atoms with Gasteiger partial charge in [-0.3, -0.25) is 14.9 Å². The van der Waals surface area contributed by atoms with E-state index < -0.39 is 4.92 Å². The Hall–Kier alpha value is -2.54. The van der Waals surface area contributed by atoms with E-state index in [0.717, 1.165) is 0 Å². The van der Waals surface area contributed by atoms with Crippen LogP contribution < -0.4 is 4.74 Å². The molecule has 1 aromatic carbocycles. The third kappa shape index (κ3) is 4.46. The minimum atomic E-state index is -0.492. The number of nitrogens with zero attached hydrogens (tertiary/aromatic N) is 2. The molecule has 0 aliphatic carbocycles. The molecule has 7 nitrogen and oxygen atoms in total. The predicted octanol–water partition coefficient (Wildman–Crippen LogP) is 3.08. The third-order valence-electron chi connectivity index (χ3n) is 3.07. The molecular formula is C15H15ClN2O5. The fourth-order valence-corrected chi connectivity index (χ4v) is 1.99. The van der Waals surface area contributed by atoms with Gasteiger partial charge in [-0.15, -0.1) is 11.6 Å². The number of likely N-dealkylation sites (N-methyl/N-ethyl adjacent to an activating group) is 1. The van der Waals surface area contributed by atoms with Gasteiger partial charge in [-0.2, -0.15) is 0 Å². The Morgan fingerprint density at radius 2 is 2.17 bits per heavy atom. The van der Waals surface area contributed by atoms with E-state index in [0.29, 0.717) is 18.1 Å². The number of carbonyl (C=O) groups excluding carboxylic acids is 1. The Morgan fingerprint density at radius 3 is 2.83 bits per heavy atom. The molecule has 0 unspecified atom stereocenters. The van der Waals surface area contributed by atoms with Crippen LogP contribution in [0.4, 0.5) is 5.69 Å². The highest BCUT2D eigenvalue weighted by Gasteiger charge is 2.16. The Morgan fingerprint density at radius 1 is 1.39 bits per heavy atom. The van der Waals surface area contributed by atoms with Crippen molar-refractivity contribution < 1.29 is 18.9 Å². The first-order valence-corrected chi connectivity index (χ1v) is 7.32. The van der Waals surface area contributed by atoms with Crippen LogP contribution in [0.3, 0.4) is 0 Å². The van der Waals surface area contributed by atoms with Gasteiger partial charge in [0.15, 0.2) is 5.76 Å². The molecule has 122 valence electrons. The summed E-state index contributed by atoms with van der Waals surface area (Å²) < 4.78 is 10.7. The summed E-state index contributed by atoms with van der Waals surface area (Å²) in [6.07, 6.45) is 0. The minimum absolute atomic E-state index is 0.0453. The maximum atomic E-state index is 12.1. The van der Waals surface area contributed by atoms with Gasteiger partial charge in [-0.05, 0) is 18.2 Å². The first-order valence-electron chi connectivity index (χ1n) is 6.78. The fraction of sp³-hybridized carbons (Fsp3) is 0.267. The van der Waals surface area contributed by atoms with Crippen molar-refractivity contribution in [3.63, 3.8) is 0 Å². The zero-order chi connectivity index (χ0) is 16.8. The molecule has 2 rings (SSSR count). The van der Waals surface area contributed by atoms with Gasteiger partial charge in [0.25, 0.3) is 11.6 Å². The van der Waals surface area contributed by atoms with Crippen LogP contribution in [0.15, 0.2) is 40.8 Å². The standard InChI is InChI=1S/C15H15ClN2O5/c1-17(15(19)14-6-5-13(10-16)23-14)7-8-22-12-4-2-3-11(9-12)18(20)21/h2-6,9H,7-8,10H2,1H3. The van der Waals surface area contributed by atoms with Crippen molar-refractivity contribution in [1.29, 1.82) is 0 Å². The first-order chi connectivity index (χ1) is 11.0. The average molecular weight is 339 g/mol. The molecule has 0 fully saturated rings. The second-order valence-electron chi connectivity index (χ2n) is 4.73. The molecule has 0 saturated heterocycles. The van der Waals surface area contributed by atoms with E-state index in [1.54, 1.807) is 31.3 Å². The zero-order valence-corrected chi connectivity index (χ0v) is 13.2. The molecule has 0 aliphatic heterocycles. The smallest absolute Gasteiger partial charge is 0.289 e. The summed E-state index contributed by atoms with van der Waals surface area (Å²) in [5, 5.41) is 10.7. The lowest BCUT2D eigenvalue weighted by molar-refractivity contribution is -0.384. The van der Waals surface area contributed by atoms with Crippen LogP contribution in [0.5, 0.6) is 5.75 Å². The second-order valence-corrected chi connectivity index (χ2v) is 5.00. The van der Waals surface area contributed by atoms with Crippen LogP contribution in [-0.4, -0.2) is 35.9 Å². The maximum absolute atomic E-state index is 12.1. The third-order valence-corrected chi connectivity index (χ3v) is 3.34. The number of hydrogen-bond acceptors (Lipinski definition) is 5. The van der Waals surface area contributed by atoms with Gasteiger partial charge in [0.2, 0.25) is 0 Å². The second kappa shape index (κ2) is 7.64. The van der Waals surface area contributed by atoms with E-state index in [1.807, 2.05) is 0 Å². The molecule has 0 saturated carbocycles. The van der Waals surface area contributed by atoms with E-state index in [9.17, 15) is 14.9 Å². The maximum Gasteiger partial charge on any atom is 0.289 e. The molecule has 1 amide bonds. The molecule has 1 heterocycles. The monoisotopic (exact) mass is 338 g/mol. The van der Waals surface area contributed by atoms with Crippen molar-refractivity contribution in [3.05, 3.63) is 58.0 Å². The average Bonchev–Trinajstić information content (AvgIpc) is 3.03. The van der Waals surface area contributed by atoms with Gasteiger partial charge < -0.3 is 14.1 Å². The summed E-state index contributed by atoms with van der Waals surface area (Å²) in [4.78, 5) is 23.7. The van der Waals surface area contributed by atoms with Gasteiger partial charge in [0.05, 0.1) is 23.4 Å². The number of nitro groups is 1. The number of benzene rings is 1. The number of non-ortho nitro benzene ring substituents is 1. The lowest BCUT2D eigenvalue weighted by Crippen LogP contribution is -2.30. The van der Waals surface area contributed by atoms with E-state index in [2.05, 4.69) is 0 Å². The highest BCUT2D eigenvalue weighted by molar-refractivity contribution is 6.16. The number of hydrogen-bond donors (Lipinski definition) is 0. The highest BCUT2D eigenvalue weighted by Crippen LogP contribution is 2.19. The summed E-state index contributed by atoms with van der Waals surface area (Å²) in [6, 6.07) is 9.09. The van der Waals surface area contributed by atoms with Crippen molar-refractivity contribution >= 4 is 23.2 Å². The molecule has 0 atom stereocenters. The normalized spacial score (nSPS) is 10.3. The summed E-state index contributed by atoms with van der Waals surface area (Å²) in [6.45, 7) is 0.505. The van der Waals surface area contributed by atoms with Crippen molar-refractivity contribution in [2.24, 2.45) is 0 Å². The van der Waals surface area contributed by atoms with Crippen molar-refractivity contribution in [1.82, 2.24) is 4.90 Å². The molecule has 0 aliphatic rings. The van der Waals surface area contributed by atoms with E-state index in [1.165, 1.54) is 17.0 Å². The molecule has 2 aromatic rings. The molecule has 0 N–H and O–H groups in total. The quantitative estimate of drug-likeness (QED) is 0.440. The summed E-state index contributed by atoms with van der Waals surface area (Å²) >= 11 is 5.62. The van der Waals surface area contributed by atoms with Gasteiger partial charge in [-0.1, -0.05) is 6.07 Å². The van der Waals surface area contributed by atoms with Crippen molar-refractivity contribution in [3.8, 4) is 5.75 Å². The zero-order valence-electron chi connectivity index (χ0n) is 12.4. The highest BCUT2D eigenvalue weighted by atomic mass is 35.5. The number of alkyl halides is 1. The number of furan rings is 1. The summed E-state index contributed by atoms with van der Waals surface area (Å²) in [5.74, 6) is 1.02. The van der Waals surface area contributed by atoms with Crippen LogP contribution in [0.25, 0.3) is 0 Å². The Labute approximate surface area is 137 Å². The Kier molecular flexibility index (Phi) is 5.59. The first kappa shape index (κ1) is 16.8. The molecule has 0 bridgehead atoms. The number of amides is 1. The van der Waals surface area contributed by atoms with Gasteiger partial charge in [-0.25, -0.2) is 0 Å². The van der Waals surface area contributed by atoms with E-state index in [4.69, 9.17) is 20.8 Å². The van der Waals surface area contributed by atoms with Crippen LogP contribution in [0.2, 0.25) is 0 Å². The molecule has 0 radical (unpaired) electrons. The molecule has 0 spiro atoms. The number of ether oxygens (including phenoxy) is 1. The number of carbonyl (C=O) groups is 1. The Bertz CT molecular complexity index is 701. The van der Waals surface area contributed by atoms with Crippen LogP contribution in [0, 0.1) is 10.1 Å². The molecular weight excluding hydrogens is 324 g/mol. The largest absolute Gasteiger partial charge is 0.491 e. The van der Waals surface area contributed by atoms with Gasteiger partial charge in [0.1, 0.15) is 18.1 Å².